The van der Waals surface area contributed by atoms with Gasteiger partial charge < -0.3 is 4.74 Å². The number of rotatable bonds is 3. The molecule has 0 N–H and O–H groups in total. The number of hydrogen-bond acceptors (Lipinski definition) is 3. The third-order valence-electron chi connectivity index (χ3n) is 4.00. The zero-order valence-corrected chi connectivity index (χ0v) is 13.3. The lowest BCUT2D eigenvalue weighted by atomic mass is 10.1. The molecule has 24 heavy (non-hydrogen) atoms. The first-order chi connectivity index (χ1) is 11.9. The van der Waals surface area contributed by atoms with Crippen molar-refractivity contribution in [2.45, 2.75) is 0 Å². The molecular formula is C21H16N2O. The van der Waals surface area contributed by atoms with Crippen LogP contribution in [0.15, 0.2) is 78.9 Å². The number of fused-ring (bicyclic) bond motifs is 1. The lowest BCUT2D eigenvalue weighted by Gasteiger charge is -2.11. The molecule has 0 saturated heterocycles. The summed E-state index contributed by atoms with van der Waals surface area (Å²) in [7, 11) is 1.66. The summed E-state index contributed by atoms with van der Waals surface area (Å²) >= 11 is 0. The fraction of sp³-hybridized carbons (Fsp3) is 0.0476. The van der Waals surface area contributed by atoms with E-state index in [0.717, 1.165) is 33.5 Å². The molecule has 0 fully saturated rings. The lowest BCUT2D eigenvalue weighted by molar-refractivity contribution is 0.416. The number of aromatic nitrogens is 2. The molecule has 0 saturated carbocycles. The van der Waals surface area contributed by atoms with Crippen molar-refractivity contribution in [3.63, 3.8) is 0 Å². The molecule has 1 heterocycles. The second-order valence-corrected chi connectivity index (χ2v) is 5.48. The predicted molar refractivity (Wildman–Crippen MR) is 97.0 cm³/mol. The minimum Gasteiger partial charge on any atom is -0.496 e. The molecule has 0 amide bonds. The highest BCUT2D eigenvalue weighted by Gasteiger charge is 2.13. The van der Waals surface area contributed by atoms with E-state index in [1.165, 1.54) is 0 Å². The van der Waals surface area contributed by atoms with Gasteiger partial charge in [0.05, 0.1) is 23.9 Å². The normalized spacial score (nSPS) is 10.7. The largest absolute Gasteiger partial charge is 0.496 e. The molecule has 0 spiro atoms. The zero-order chi connectivity index (χ0) is 16.4. The summed E-state index contributed by atoms with van der Waals surface area (Å²) in [4.78, 5) is 9.61. The molecule has 4 rings (SSSR count). The number of hydrogen-bond donors (Lipinski definition) is 0. The van der Waals surface area contributed by atoms with Crippen LogP contribution in [0.4, 0.5) is 0 Å². The van der Waals surface area contributed by atoms with Crippen molar-refractivity contribution in [1.82, 2.24) is 9.97 Å². The van der Waals surface area contributed by atoms with E-state index < -0.39 is 0 Å². The van der Waals surface area contributed by atoms with Gasteiger partial charge in [-0.05, 0) is 18.2 Å². The molecule has 0 bridgehead atoms. The first-order valence-electron chi connectivity index (χ1n) is 7.82. The van der Waals surface area contributed by atoms with E-state index >= 15 is 0 Å². The van der Waals surface area contributed by atoms with Gasteiger partial charge in [0.2, 0.25) is 0 Å². The van der Waals surface area contributed by atoms with Crippen LogP contribution in [0.3, 0.4) is 0 Å². The molecule has 1 aromatic heterocycles. The molecule has 116 valence electrons. The Kier molecular flexibility index (Phi) is 3.67. The predicted octanol–water partition coefficient (Wildman–Crippen LogP) is 4.97. The number of ether oxygens (including phenoxy) is 1. The first kappa shape index (κ1) is 14.4. The molecule has 3 heteroatoms. The van der Waals surface area contributed by atoms with Gasteiger partial charge in [-0.3, -0.25) is 0 Å². The average molecular weight is 312 g/mol. The topological polar surface area (TPSA) is 35.0 Å². The van der Waals surface area contributed by atoms with Crippen molar-refractivity contribution in [3.05, 3.63) is 78.9 Å². The highest BCUT2D eigenvalue weighted by molar-refractivity contribution is 5.93. The first-order valence-corrected chi connectivity index (χ1v) is 7.82. The summed E-state index contributed by atoms with van der Waals surface area (Å²) in [6.07, 6.45) is 0. The van der Waals surface area contributed by atoms with Gasteiger partial charge in [-0.15, -0.1) is 0 Å². The Labute approximate surface area is 140 Å². The Bertz CT molecular complexity index is 997. The van der Waals surface area contributed by atoms with Gasteiger partial charge in [-0.25, -0.2) is 9.97 Å². The summed E-state index contributed by atoms with van der Waals surface area (Å²) in [5.74, 6) is 1.44. The van der Waals surface area contributed by atoms with Gasteiger partial charge in [0.15, 0.2) is 5.82 Å². The summed E-state index contributed by atoms with van der Waals surface area (Å²) < 4.78 is 5.48. The number of methoxy groups -OCH3 is 1. The molecule has 0 unspecified atom stereocenters. The zero-order valence-electron chi connectivity index (χ0n) is 13.3. The Balaban J connectivity index is 2.02. The van der Waals surface area contributed by atoms with Crippen LogP contribution in [-0.2, 0) is 0 Å². The van der Waals surface area contributed by atoms with Gasteiger partial charge in [-0.2, -0.15) is 0 Å². The summed E-state index contributed by atoms with van der Waals surface area (Å²) in [6.45, 7) is 0. The Morgan fingerprint density at radius 3 is 2.25 bits per heavy atom. The highest BCUT2D eigenvalue weighted by atomic mass is 16.5. The minimum absolute atomic E-state index is 0.671. The summed E-state index contributed by atoms with van der Waals surface area (Å²) in [6, 6.07) is 26.1. The quantitative estimate of drug-likeness (QED) is 0.535. The van der Waals surface area contributed by atoms with E-state index in [2.05, 4.69) is 18.2 Å². The SMILES string of the molecule is COc1ccccc1-c1nc(-c2ccccc2)c2ccccc2n1. The monoisotopic (exact) mass is 312 g/mol. The fourth-order valence-corrected chi connectivity index (χ4v) is 2.84. The number of benzene rings is 3. The van der Waals surface area contributed by atoms with Crippen LogP contribution in [0.5, 0.6) is 5.75 Å². The molecule has 0 aliphatic heterocycles. The second-order valence-electron chi connectivity index (χ2n) is 5.48. The minimum atomic E-state index is 0.671. The Morgan fingerprint density at radius 2 is 1.42 bits per heavy atom. The van der Waals surface area contributed by atoms with Gasteiger partial charge in [0.1, 0.15) is 5.75 Å². The van der Waals surface area contributed by atoms with E-state index in [9.17, 15) is 0 Å². The van der Waals surface area contributed by atoms with Crippen LogP contribution in [0.2, 0.25) is 0 Å². The smallest absolute Gasteiger partial charge is 0.164 e. The van der Waals surface area contributed by atoms with E-state index in [0.29, 0.717) is 5.82 Å². The van der Waals surface area contributed by atoms with E-state index in [1.807, 2.05) is 60.7 Å². The molecule has 0 radical (unpaired) electrons. The molecule has 3 nitrogen and oxygen atoms in total. The van der Waals surface area contributed by atoms with Gasteiger partial charge in [-0.1, -0.05) is 60.7 Å². The second kappa shape index (κ2) is 6.13. The van der Waals surface area contributed by atoms with Crippen molar-refractivity contribution in [3.8, 4) is 28.4 Å². The number of nitrogens with zero attached hydrogens (tertiary/aromatic N) is 2. The summed E-state index contributed by atoms with van der Waals surface area (Å²) in [5, 5.41) is 1.04. The molecule has 0 atom stereocenters. The molecular weight excluding hydrogens is 296 g/mol. The van der Waals surface area contributed by atoms with Crippen molar-refractivity contribution in [2.75, 3.05) is 7.11 Å². The summed E-state index contributed by atoms with van der Waals surface area (Å²) in [5.41, 5.74) is 3.82. The van der Waals surface area contributed by atoms with Crippen LogP contribution < -0.4 is 4.74 Å². The lowest BCUT2D eigenvalue weighted by Crippen LogP contribution is -1.96. The third kappa shape index (κ3) is 2.50. The van der Waals surface area contributed by atoms with E-state index in [1.54, 1.807) is 7.11 Å². The van der Waals surface area contributed by atoms with Crippen LogP contribution in [0.1, 0.15) is 0 Å². The number of para-hydroxylation sites is 2. The molecule has 0 aliphatic carbocycles. The maximum Gasteiger partial charge on any atom is 0.164 e. The van der Waals surface area contributed by atoms with Crippen LogP contribution in [0.25, 0.3) is 33.5 Å². The van der Waals surface area contributed by atoms with Crippen molar-refractivity contribution in [2.24, 2.45) is 0 Å². The van der Waals surface area contributed by atoms with Gasteiger partial charge in [0.25, 0.3) is 0 Å². The average Bonchev–Trinajstić information content (AvgIpc) is 2.67. The van der Waals surface area contributed by atoms with Gasteiger partial charge >= 0.3 is 0 Å². The maximum absolute atomic E-state index is 5.48. The maximum atomic E-state index is 5.48. The van der Waals surface area contributed by atoms with Crippen LogP contribution in [0, 0.1) is 0 Å². The van der Waals surface area contributed by atoms with Crippen molar-refractivity contribution < 1.29 is 4.74 Å². The van der Waals surface area contributed by atoms with Crippen LogP contribution in [-0.4, -0.2) is 17.1 Å². The highest BCUT2D eigenvalue weighted by Crippen LogP contribution is 2.32. The van der Waals surface area contributed by atoms with E-state index in [4.69, 9.17) is 14.7 Å². The Morgan fingerprint density at radius 1 is 0.708 bits per heavy atom. The van der Waals surface area contributed by atoms with Crippen LogP contribution >= 0.6 is 0 Å². The fourth-order valence-electron chi connectivity index (χ4n) is 2.84. The van der Waals surface area contributed by atoms with E-state index in [-0.39, 0.29) is 0 Å². The molecule has 3 aromatic carbocycles. The Hall–Kier alpha value is -3.20. The third-order valence-corrected chi connectivity index (χ3v) is 4.00. The standard InChI is InChI=1S/C21H16N2O/c1-24-19-14-8-6-12-17(19)21-22-18-13-7-5-11-16(18)20(23-21)15-9-3-2-4-10-15/h2-14H,1H3. The molecule has 4 aromatic rings. The van der Waals surface area contributed by atoms with Crippen molar-refractivity contribution >= 4 is 10.9 Å². The molecule has 0 aliphatic rings. The van der Waals surface area contributed by atoms with Crippen molar-refractivity contribution in [1.29, 1.82) is 0 Å². The van der Waals surface area contributed by atoms with Gasteiger partial charge in [0, 0.05) is 10.9 Å².